The van der Waals surface area contributed by atoms with E-state index in [0.29, 0.717) is 17.2 Å². The maximum absolute atomic E-state index is 11.9. The molecule has 0 aliphatic carbocycles. The molecule has 1 amide bonds. The Balaban J connectivity index is 2.72. The van der Waals surface area contributed by atoms with Crippen LogP contribution < -0.4 is 5.32 Å². The SMILES string of the molecule is CCC(COC)NC(=O)c1ccc(I)c(Cl)c1. The van der Waals surface area contributed by atoms with Gasteiger partial charge in [0.25, 0.3) is 5.91 Å². The van der Waals surface area contributed by atoms with Crippen molar-refractivity contribution in [1.29, 1.82) is 0 Å². The third kappa shape index (κ3) is 4.44. The van der Waals surface area contributed by atoms with Crippen LogP contribution in [-0.2, 0) is 4.74 Å². The molecule has 1 unspecified atom stereocenters. The average Bonchev–Trinajstić information content (AvgIpc) is 2.31. The van der Waals surface area contributed by atoms with Crippen LogP contribution in [0.2, 0.25) is 5.02 Å². The first-order valence-corrected chi connectivity index (χ1v) is 6.79. The summed E-state index contributed by atoms with van der Waals surface area (Å²) in [7, 11) is 1.62. The Hall–Kier alpha value is -0.330. The molecule has 94 valence electrons. The predicted molar refractivity (Wildman–Crippen MR) is 77.6 cm³/mol. The highest BCUT2D eigenvalue weighted by Crippen LogP contribution is 2.19. The van der Waals surface area contributed by atoms with Crippen LogP contribution in [0.25, 0.3) is 0 Å². The fourth-order valence-corrected chi connectivity index (χ4v) is 1.88. The van der Waals surface area contributed by atoms with E-state index in [1.165, 1.54) is 0 Å². The van der Waals surface area contributed by atoms with E-state index in [-0.39, 0.29) is 11.9 Å². The Labute approximate surface area is 120 Å². The van der Waals surface area contributed by atoms with Gasteiger partial charge < -0.3 is 10.1 Å². The van der Waals surface area contributed by atoms with E-state index in [1.807, 2.05) is 13.0 Å². The highest BCUT2D eigenvalue weighted by atomic mass is 127. The number of rotatable bonds is 5. The zero-order chi connectivity index (χ0) is 12.8. The topological polar surface area (TPSA) is 38.3 Å². The van der Waals surface area contributed by atoms with Crippen LogP contribution in [0.1, 0.15) is 23.7 Å². The molecule has 0 spiro atoms. The van der Waals surface area contributed by atoms with Crippen molar-refractivity contribution in [2.24, 2.45) is 0 Å². The van der Waals surface area contributed by atoms with Crippen molar-refractivity contribution in [2.45, 2.75) is 19.4 Å². The fourth-order valence-electron chi connectivity index (χ4n) is 1.37. The highest BCUT2D eigenvalue weighted by Gasteiger charge is 2.12. The van der Waals surface area contributed by atoms with Crippen LogP contribution >= 0.6 is 34.2 Å². The van der Waals surface area contributed by atoms with E-state index in [2.05, 4.69) is 27.9 Å². The summed E-state index contributed by atoms with van der Waals surface area (Å²) < 4.78 is 5.97. The van der Waals surface area contributed by atoms with Crippen LogP contribution in [0.4, 0.5) is 0 Å². The zero-order valence-corrected chi connectivity index (χ0v) is 12.7. The molecule has 0 fully saturated rings. The molecule has 0 saturated heterocycles. The zero-order valence-electron chi connectivity index (χ0n) is 9.80. The van der Waals surface area contributed by atoms with Gasteiger partial charge in [-0.2, -0.15) is 0 Å². The summed E-state index contributed by atoms with van der Waals surface area (Å²) in [5, 5.41) is 3.50. The lowest BCUT2D eigenvalue weighted by molar-refractivity contribution is 0.0894. The number of nitrogens with one attached hydrogen (secondary N) is 1. The van der Waals surface area contributed by atoms with Crippen LogP contribution in [0.15, 0.2) is 18.2 Å². The molecular weight excluding hydrogens is 352 g/mol. The number of hydrogen-bond donors (Lipinski definition) is 1. The van der Waals surface area contributed by atoms with Crippen molar-refractivity contribution in [2.75, 3.05) is 13.7 Å². The quantitative estimate of drug-likeness (QED) is 0.812. The smallest absolute Gasteiger partial charge is 0.251 e. The van der Waals surface area contributed by atoms with Crippen LogP contribution in [0, 0.1) is 3.57 Å². The summed E-state index contributed by atoms with van der Waals surface area (Å²) in [5.74, 6) is -0.118. The molecule has 0 aliphatic heterocycles. The van der Waals surface area contributed by atoms with Gasteiger partial charge in [0.1, 0.15) is 0 Å². The van der Waals surface area contributed by atoms with Gasteiger partial charge in [-0.3, -0.25) is 4.79 Å². The van der Waals surface area contributed by atoms with Gasteiger partial charge in [0.2, 0.25) is 0 Å². The van der Waals surface area contributed by atoms with Gasteiger partial charge >= 0.3 is 0 Å². The summed E-state index contributed by atoms with van der Waals surface area (Å²) in [4.78, 5) is 11.9. The molecule has 17 heavy (non-hydrogen) atoms. The molecule has 0 aromatic heterocycles. The van der Waals surface area contributed by atoms with Gasteiger partial charge in [0, 0.05) is 16.2 Å². The van der Waals surface area contributed by atoms with E-state index in [4.69, 9.17) is 16.3 Å². The minimum atomic E-state index is -0.118. The van der Waals surface area contributed by atoms with Gasteiger partial charge in [-0.05, 0) is 47.2 Å². The molecule has 5 heteroatoms. The molecule has 1 atom stereocenters. The summed E-state index contributed by atoms with van der Waals surface area (Å²) >= 11 is 8.10. The maximum Gasteiger partial charge on any atom is 0.251 e. The number of ether oxygens (including phenoxy) is 1. The second-order valence-corrected chi connectivity index (χ2v) is 5.23. The van der Waals surface area contributed by atoms with E-state index in [0.717, 1.165) is 9.99 Å². The monoisotopic (exact) mass is 367 g/mol. The number of carbonyl (C=O) groups is 1. The number of amides is 1. The molecule has 3 nitrogen and oxygen atoms in total. The summed E-state index contributed by atoms with van der Waals surface area (Å²) in [5.41, 5.74) is 0.574. The highest BCUT2D eigenvalue weighted by molar-refractivity contribution is 14.1. The molecule has 0 heterocycles. The van der Waals surface area contributed by atoms with E-state index >= 15 is 0 Å². The standard InChI is InChI=1S/C12H15ClINO2/c1-3-9(7-17-2)15-12(16)8-4-5-11(14)10(13)6-8/h4-6,9H,3,7H2,1-2H3,(H,15,16). The molecule has 0 radical (unpaired) electrons. The van der Waals surface area contributed by atoms with Gasteiger partial charge in [-0.15, -0.1) is 0 Å². The minimum Gasteiger partial charge on any atom is -0.383 e. The first kappa shape index (κ1) is 14.7. The van der Waals surface area contributed by atoms with E-state index < -0.39 is 0 Å². The van der Waals surface area contributed by atoms with E-state index in [9.17, 15) is 4.79 Å². The number of halogens is 2. The molecule has 0 aliphatic rings. The van der Waals surface area contributed by atoms with Crippen molar-refractivity contribution < 1.29 is 9.53 Å². The molecule has 1 aromatic rings. The lowest BCUT2D eigenvalue weighted by Crippen LogP contribution is -2.37. The Morgan fingerprint density at radius 3 is 2.82 bits per heavy atom. The van der Waals surface area contributed by atoms with Crippen molar-refractivity contribution >= 4 is 40.1 Å². The molecular formula is C12H15ClINO2. The van der Waals surface area contributed by atoms with Gasteiger partial charge in [-0.1, -0.05) is 18.5 Å². The normalized spacial score (nSPS) is 12.2. The second kappa shape index (κ2) is 7.18. The summed E-state index contributed by atoms with van der Waals surface area (Å²) in [6, 6.07) is 5.31. The van der Waals surface area contributed by atoms with Crippen molar-refractivity contribution in [3.63, 3.8) is 0 Å². The van der Waals surface area contributed by atoms with E-state index in [1.54, 1.807) is 19.2 Å². The average molecular weight is 368 g/mol. The third-order valence-electron chi connectivity index (χ3n) is 2.38. The second-order valence-electron chi connectivity index (χ2n) is 3.66. The Morgan fingerprint density at radius 1 is 1.59 bits per heavy atom. The minimum absolute atomic E-state index is 0.0329. The molecule has 1 aromatic carbocycles. The Morgan fingerprint density at radius 2 is 2.29 bits per heavy atom. The lowest BCUT2D eigenvalue weighted by atomic mass is 10.2. The molecule has 1 rings (SSSR count). The molecule has 1 N–H and O–H groups in total. The largest absolute Gasteiger partial charge is 0.383 e. The van der Waals surface area contributed by atoms with Crippen molar-refractivity contribution in [3.05, 3.63) is 32.4 Å². The van der Waals surface area contributed by atoms with Crippen LogP contribution in [-0.4, -0.2) is 25.7 Å². The summed E-state index contributed by atoms with van der Waals surface area (Å²) in [6.07, 6.45) is 0.831. The predicted octanol–water partition coefficient (Wildman–Crippen LogP) is 3.10. The first-order chi connectivity index (χ1) is 8.08. The lowest BCUT2D eigenvalue weighted by Gasteiger charge is -2.16. The number of hydrogen-bond acceptors (Lipinski definition) is 2. The maximum atomic E-state index is 11.9. The van der Waals surface area contributed by atoms with Gasteiger partial charge in [-0.25, -0.2) is 0 Å². The van der Waals surface area contributed by atoms with Crippen LogP contribution in [0.5, 0.6) is 0 Å². The first-order valence-electron chi connectivity index (χ1n) is 5.33. The number of benzene rings is 1. The molecule has 0 saturated carbocycles. The Kier molecular flexibility index (Phi) is 6.22. The summed E-state index contributed by atoms with van der Waals surface area (Å²) in [6.45, 7) is 2.52. The number of methoxy groups -OCH3 is 1. The third-order valence-corrected chi connectivity index (χ3v) is 3.95. The molecule has 0 bridgehead atoms. The van der Waals surface area contributed by atoms with Gasteiger partial charge in [0.15, 0.2) is 0 Å². The fraction of sp³-hybridized carbons (Fsp3) is 0.417. The number of carbonyl (C=O) groups excluding carboxylic acids is 1. The Bertz CT molecular complexity index is 398. The van der Waals surface area contributed by atoms with Gasteiger partial charge in [0.05, 0.1) is 17.7 Å². The van der Waals surface area contributed by atoms with Crippen molar-refractivity contribution in [1.82, 2.24) is 5.32 Å². The van der Waals surface area contributed by atoms with Crippen molar-refractivity contribution in [3.8, 4) is 0 Å². The van der Waals surface area contributed by atoms with Crippen LogP contribution in [0.3, 0.4) is 0 Å².